The minimum absolute atomic E-state index is 0.210. The Labute approximate surface area is 187 Å². The number of rotatable bonds is 6. The number of nitrogens with zero attached hydrogens (tertiary/aromatic N) is 2. The SMILES string of the molecule is C=C(Nc1ccc(Cl)cc1)C(CC)C1CC2(C1)CN(c1ccnc3ccc(F)cc13)C2. The molecule has 3 nitrogen and oxygen atoms in total. The summed E-state index contributed by atoms with van der Waals surface area (Å²) in [5, 5.41) is 5.13. The Balaban J connectivity index is 1.22. The molecule has 1 aromatic heterocycles. The van der Waals surface area contributed by atoms with Crippen molar-refractivity contribution in [3.8, 4) is 0 Å². The van der Waals surface area contributed by atoms with Gasteiger partial charge < -0.3 is 10.2 Å². The number of aromatic nitrogens is 1. The molecular formula is C26H27ClFN3. The van der Waals surface area contributed by atoms with Gasteiger partial charge in [-0.15, -0.1) is 0 Å². The lowest BCUT2D eigenvalue weighted by Gasteiger charge is -2.61. The van der Waals surface area contributed by atoms with Gasteiger partial charge in [-0.25, -0.2) is 4.39 Å². The molecule has 2 aliphatic rings. The largest absolute Gasteiger partial charge is 0.370 e. The highest BCUT2D eigenvalue weighted by Gasteiger charge is 2.54. The van der Waals surface area contributed by atoms with Crippen molar-refractivity contribution in [3.05, 3.63) is 77.8 Å². The van der Waals surface area contributed by atoms with Crippen LogP contribution in [0.15, 0.2) is 67.0 Å². The van der Waals surface area contributed by atoms with E-state index < -0.39 is 0 Å². The van der Waals surface area contributed by atoms with Crippen LogP contribution in [0.1, 0.15) is 26.2 Å². The fraction of sp³-hybridized carbons (Fsp3) is 0.346. The average molecular weight is 436 g/mol. The molecule has 160 valence electrons. The van der Waals surface area contributed by atoms with E-state index in [1.54, 1.807) is 12.1 Å². The topological polar surface area (TPSA) is 28.2 Å². The molecule has 3 aromatic rings. The van der Waals surface area contributed by atoms with Gasteiger partial charge in [-0.1, -0.05) is 25.1 Å². The highest BCUT2D eigenvalue weighted by molar-refractivity contribution is 6.30. The van der Waals surface area contributed by atoms with Gasteiger partial charge in [-0.2, -0.15) is 0 Å². The van der Waals surface area contributed by atoms with E-state index in [2.05, 4.69) is 28.7 Å². The van der Waals surface area contributed by atoms with Gasteiger partial charge in [0.1, 0.15) is 5.82 Å². The predicted molar refractivity (Wildman–Crippen MR) is 127 cm³/mol. The van der Waals surface area contributed by atoms with Crippen molar-refractivity contribution in [1.82, 2.24) is 4.98 Å². The molecule has 1 saturated carbocycles. The van der Waals surface area contributed by atoms with Crippen LogP contribution in [0.2, 0.25) is 5.02 Å². The summed E-state index contributed by atoms with van der Waals surface area (Å²) in [5.74, 6) is 0.912. The lowest BCUT2D eigenvalue weighted by atomic mass is 9.54. The zero-order valence-electron chi connectivity index (χ0n) is 17.7. The zero-order chi connectivity index (χ0) is 21.6. The van der Waals surface area contributed by atoms with E-state index >= 15 is 0 Å². The lowest BCUT2D eigenvalue weighted by Crippen LogP contribution is -2.63. The lowest BCUT2D eigenvalue weighted by molar-refractivity contribution is -0.000912. The number of pyridine rings is 1. The van der Waals surface area contributed by atoms with Crippen LogP contribution in [-0.2, 0) is 0 Å². The van der Waals surface area contributed by atoms with E-state index in [0.29, 0.717) is 17.3 Å². The molecule has 1 unspecified atom stereocenters. The molecule has 0 radical (unpaired) electrons. The van der Waals surface area contributed by atoms with Crippen LogP contribution in [0, 0.1) is 23.1 Å². The molecule has 0 bridgehead atoms. The number of halogens is 2. The number of hydrogen-bond donors (Lipinski definition) is 1. The molecule has 2 heterocycles. The number of fused-ring (bicyclic) bond motifs is 1. The molecule has 31 heavy (non-hydrogen) atoms. The van der Waals surface area contributed by atoms with E-state index in [9.17, 15) is 4.39 Å². The maximum atomic E-state index is 13.8. The summed E-state index contributed by atoms with van der Waals surface area (Å²) in [6, 6.07) is 14.6. The first-order chi connectivity index (χ1) is 15.0. The summed E-state index contributed by atoms with van der Waals surface area (Å²) < 4.78 is 13.8. The van der Waals surface area contributed by atoms with Crippen LogP contribution in [0.5, 0.6) is 0 Å². The molecule has 5 rings (SSSR count). The zero-order valence-corrected chi connectivity index (χ0v) is 18.5. The van der Waals surface area contributed by atoms with Crippen molar-refractivity contribution in [1.29, 1.82) is 0 Å². The van der Waals surface area contributed by atoms with Crippen LogP contribution in [-0.4, -0.2) is 18.1 Å². The molecular weight excluding hydrogens is 409 g/mol. The quantitative estimate of drug-likeness (QED) is 0.456. The average Bonchev–Trinajstić information content (AvgIpc) is 2.70. The van der Waals surface area contributed by atoms with Crippen molar-refractivity contribution >= 4 is 33.9 Å². The Morgan fingerprint density at radius 1 is 1.23 bits per heavy atom. The normalized spacial score (nSPS) is 18.5. The molecule has 1 aliphatic carbocycles. The summed E-state index contributed by atoms with van der Waals surface area (Å²) >= 11 is 5.99. The molecule has 1 N–H and O–H groups in total. The third kappa shape index (κ3) is 3.78. The number of allylic oxidation sites excluding steroid dienone is 1. The van der Waals surface area contributed by atoms with E-state index in [4.69, 9.17) is 11.6 Å². The Hall–Kier alpha value is -2.59. The fourth-order valence-electron chi connectivity index (χ4n) is 5.58. The standard InChI is InChI=1S/C26H27ClFN3/c1-3-22(17(2)30-21-7-4-19(27)5-8-21)18-13-26(14-18)15-31(16-26)25-10-11-29-24-9-6-20(28)12-23(24)25/h4-12,18,22,30H,2-3,13-16H2,1H3. The first kappa shape index (κ1) is 20.3. The highest BCUT2D eigenvalue weighted by atomic mass is 35.5. The van der Waals surface area contributed by atoms with Gasteiger partial charge in [0.2, 0.25) is 0 Å². The second kappa shape index (κ2) is 7.83. The van der Waals surface area contributed by atoms with Crippen LogP contribution >= 0.6 is 11.6 Å². The monoisotopic (exact) mass is 435 g/mol. The van der Waals surface area contributed by atoms with Crippen LogP contribution in [0.25, 0.3) is 10.9 Å². The summed E-state index contributed by atoms with van der Waals surface area (Å²) in [5.41, 5.74) is 4.47. The first-order valence-corrected chi connectivity index (χ1v) is 11.3. The smallest absolute Gasteiger partial charge is 0.124 e. The van der Waals surface area contributed by atoms with Gasteiger partial charge in [0, 0.05) is 58.1 Å². The van der Waals surface area contributed by atoms with Gasteiger partial charge in [0.05, 0.1) is 5.52 Å². The minimum Gasteiger partial charge on any atom is -0.370 e. The van der Waals surface area contributed by atoms with E-state index in [1.807, 2.05) is 36.5 Å². The van der Waals surface area contributed by atoms with Gasteiger partial charge in [0.25, 0.3) is 0 Å². The summed E-state index contributed by atoms with van der Waals surface area (Å²) in [7, 11) is 0. The van der Waals surface area contributed by atoms with Crippen molar-refractivity contribution in [2.75, 3.05) is 23.3 Å². The molecule has 2 aromatic carbocycles. The Bertz CT molecular complexity index is 1110. The van der Waals surface area contributed by atoms with Crippen LogP contribution < -0.4 is 10.2 Å². The molecule has 1 aliphatic heterocycles. The molecule has 1 saturated heterocycles. The number of hydrogen-bond acceptors (Lipinski definition) is 3. The van der Waals surface area contributed by atoms with Crippen LogP contribution in [0.3, 0.4) is 0 Å². The van der Waals surface area contributed by atoms with Gasteiger partial charge in [-0.3, -0.25) is 4.98 Å². The Morgan fingerprint density at radius 3 is 2.68 bits per heavy atom. The maximum absolute atomic E-state index is 13.8. The molecule has 0 amide bonds. The summed E-state index contributed by atoms with van der Waals surface area (Å²) in [4.78, 5) is 6.76. The second-order valence-corrected chi connectivity index (χ2v) is 9.62. The Morgan fingerprint density at radius 2 is 1.97 bits per heavy atom. The highest BCUT2D eigenvalue weighted by Crippen LogP contribution is 2.57. The first-order valence-electron chi connectivity index (χ1n) is 11.0. The third-order valence-corrected chi connectivity index (χ3v) is 7.32. The molecule has 5 heteroatoms. The molecule has 2 fully saturated rings. The van der Waals surface area contributed by atoms with E-state index in [-0.39, 0.29) is 5.82 Å². The summed E-state index contributed by atoms with van der Waals surface area (Å²) in [6.07, 6.45) is 5.35. The van der Waals surface area contributed by atoms with Crippen molar-refractivity contribution < 1.29 is 4.39 Å². The summed E-state index contributed by atoms with van der Waals surface area (Å²) in [6.45, 7) is 8.66. The van der Waals surface area contributed by atoms with Crippen LogP contribution in [0.4, 0.5) is 15.8 Å². The third-order valence-electron chi connectivity index (χ3n) is 7.07. The van der Waals surface area contributed by atoms with Gasteiger partial charge in [-0.05, 0) is 73.7 Å². The minimum atomic E-state index is -0.210. The van der Waals surface area contributed by atoms with Crippen molar-refractivity contribution in [2.45, 2.75) is 26.2 Å². The van der Waals surface area contributed by atoms with E-state index in [1.165, 1.54) is 18.9 Å². The van der Waals surface area contributed by atoms with Crippen molar-refractivity contribution in [3.63, 3.8) is 0 Å². The van der Waals surface area contributed by atoms with Gasteiger partial charge in [0.15, 0.2) is 0 Å². The second-order valence-electron chi connectivity index (χ2n) is 9.19. The maximum Gasteiger partial charge on any atom is 0.124 e. The molecule has 1 spiro atoms. The number of benzene rings is 2. The number of nitrogens with one attached hydrogen (secondary N) is 1. The Kier molecular flexibility index (Phi) is 5.13. The molecule has 1 atom stereocenters. The number of anilines is 2. The fourth-order valence-corrected chi connectivity index (χ4v) is 5.71. The van der Waals surface area contributed by atoms with E-state index in [0.717, 1.165) is 52.5 Å². The van der Waals surface area contributed by atoms with Crippen molar-refractivity contribution in [2.24, 2.45) is 17.3 Å². The predicted octanol–water partition coefficient (Wildman–Crippen LogP) is 6.90. The van der Waals surface area contributed by atoms with Gasteiger partial charge >= 0.3 is 0 Å².